The van der Waals surface area contributed by atoms with Crippen LogP contribution in [0.5, 0.6) is 0 Å². The van der Waals surface area contributed by atoms with E-state index in [1.54, 1.807) is 29.7 Å². The number of fused-ring (bicyclic) bond motifs is 1. The molecule has 0 aliphatic rings. The summed E-state index contributed by atoms with van der Waals surface area (Å²) in [5.74, 6) is 0.492. The number of sulfone groups is 1. The van der Waals surface area contributed by atoms with Crippen LogP contribution in [0.25, 0.3) is 11.0 Å². The summed E-state index contributed by atoms with van der Waals surface area (Å²) >= 11 is 5.87. The van der Waals surface area contributed by atoms with Gasteiger partial charge in [0, 0.05) is 17.3 Å². The van der Waals surface area contributed by atoms with Crippen molar-refractivity contribution in [1.29, 1.82) is 0 Å². The van der Waals surface area contributed by atoms with E-state index in [-0.39, 0.29) is 11.5 Å². The van der Waals surface area contributed by atoms with E-state index in [2.05, 4.69) is 4.98 Å². The molecule has 0 aliphatic carbocycles. The van der Waals surface area contributed by atoms with Crippen molar-refractivity contribution in [3.05, 3.63) is 23.2 Å². The Hall–Kier alpha value is -1.27. The summed E-state index contributed by atoms with van der Waals surface area (Å²) < 4.78 is 24.7. The number of nitrogens with zero attached hydrogens (tertiary/aromatic N) is 2. The lowest BCUT2D eigenvalue weighted by molar-refractivity contribution is 0.591. The van der Waals surface area contributed by atoms with E-state index >= 15 is 0 Å². The van der Waals surface area contributed by atoms with Crippen LogP contribution in [-0.2, 0) is 16.4 Å². The maximum atomic E-state index is 11.5. The van der Waals surface area contributed by atoms with Gasteiger partial charge in [-0.3, -0.25) is 0 Å². The molecule has 1 aromatic heterocycles. The molecule has 0 aliphatic heterocycles. The number of rotatable bonds is 4. The quantitative estimate of drug-likeness (QED) is 0.928. The molecule has 0 saturated heterocycles. The number of hydrogen-bond donors (Lipinski definition) is 1. The lowest BCUT2D eigenvalue weighted by atomic mass is 10.3. The molecule has 0 radical (unpaired) electrons. The Labute approximate surface area is 110 Å². The molecule has 0 unspecified atom stereocenters. The van der Waals surface area contributed by atoms with Gasteiger partial charge in [0.25, 0.3) is 0 Å². The summed E-state index contributed by atoms with van der Waals surface area (Å²) in [6.45, 7) is 1.94. The molecule has 98 valence electrons. The maximum absolute atomic E-state index is 11.5. The minimum Gasteiger partial charge on any atom is -0.369 e. The fourth-order valence-electron chi connectivity index (χ4n) is 1.73. The van der Waals surface area contributed by atoms with Gasteiger partial charge in [-0.1, -0.05) is 18.5 Å². The smallest absolute Gasteiger partial charge is 0.201 e. The normalized spacial score (nSPS) is 12.1. The van der Waals surface area contributed by atoms with E-state index in [0.717, 1.165) is 5.52 Å². The highest BCUT2D eigenvalue weighted by Crippen LogP contribution is 2.21. The number of anilines is 1. The first kappa shape index (κ1) is 13.2. The van der Waals surface area contributed by atoms with Gasteiger partial charge in [-0.05, 0) is 18.2 Å². The highest BCUT2D eigenvalue weighted by Gasteiger charge is 2.12. The van der Waals surface area contributed by atoms with Crippen LogP contribution >= 0.6 is 11.6 Å². The summed E-state index contributed by atoms with van der Waals surface area (Å²) in [6, 6.07) is 5.23. The van der Waals surface area contributed by atoms with E-state index in [1.807, 2.05) is 0 Å². The summed E-state index contributed by atoms with van der Waals surface area (Å²) in [5.41, 5.74) is 7.26. The Morgan fingerprint density at radius 2 is 2.17 bits per heavy atom. The minimum atomic E-state index is -3.02. The predicted octanol–water partition coefficient (Wildman–Crippen LogP) is 1.71. The van der Waals surface area contributed by atoms with Crippen LogP contribution in [0.3, 0.4) is 0 Å². The Balaban J connectivity index is 2.36. The molecule has 2 aromatic rings. The first-order valence-corrected chi connectivity index (χ1v) is 7.74. The van der Waals surface area contributed by atoms with Gasteiger partial charge in [-0.15, -0.1) is 0 Å². The second-order valence-electron chi connectivity index (χ2n) is 3.99. The van der Waals surface area contributed by atoms with Crippen LogP contribution in [0.4, 0.5) is 5.95 Å². The van der Waals surface area contributed by atoms with Crippen LogP contribution < -0.4 is 5.73 Å². The molecule has 1 aromatic carbocycles. The Morgan fingerprint density at radius 1 is 1.44 bits per heavy atom. The van der Waals surface area contributed by atoms with Crippen molar-refractivity contribution in [1.82, 2.24) is 9.55 Å². The standard InChI is InChI=1S/C11H14ClN3O2S/c1-2-18(16,17)6-5-15-10-4-3-8(12)7-9(10)14-11(15)13/h3-4,7H,2,5-6H2,1H3,(H2,13,14). The van der Waals surface area contributed by atoms with Crippen LogP contribution in [-0.4, -0.2) is 29.5 Å². The van der Waals surface area contributed by atoms with Crippen LogP contribution in [0.1, 0.15) is 6.92 Å². The average molecular weight is 288 g/mol. The fourth-order valence-corrected chi connectivity index (χ4v) is 2.65. The molecule has 0 fully saturated rings. The van der Waals surface area contributed by atoms with E-state index < -0.39 is 9.84 Å². The molecule has 7 heteroatoms. The zero-order valence-corrected chi connectivity index (χ0v) is 11.5. The largest absolute Gasteiger partial charge is 0.369 e. The van der Waals surface area contributed by atoms with Gasteiger partial charge in [0.05, 0.1) is 16.8 Å². The summed E-state index contributed by atoms with van der Waals surface area (Å²) in [7, 11) is -3.02. The topological polar surface area (TPSA) is 78.0 Å². The number of halogens is 1. The number of hydrogen-bond acceptors (Lipinski definition) is 4. The molecule has 2 rings (SSSR count). The Morgan fingerprint density at radius 3 is 2.83 bits per heavy atom. The average Bonchev–Trinajstić information content (AvgIpc) is 2.61. The third kappa shape index (κ3) is 2.59. The number of nitrogen functional groups attached to an aromatic ring is 1. The van der Waals surface area contributed by atoms with E-state index in [4.69, 9.17) is 17.3 Å². The number of imidazole rings is 1. The first-order valence-electron chi connectivity index (χ1n) is 5.54. The first-order chi connectivity index (χ1) is 8.43. The molecule has 0 amide bonds. The third-order valence-electron chi connectivity index (χ3n) is 2.81. The van der Waals surface area contributed by atoms with Crippen LogP contribution in [0.2, 0.25) is 5.02 Å². The molecule has 0 saturated carbocycles. The molecule has 0 spiro atoms. The van der Waals surface area contributed by atoms with Gasteiger partial charge in [0.2, 0.25) is 5.95 Å². The van der Waals surface area contributed by atoms with Crippen molar-refractivity contribution < 1.29 is 8.42 Å². The molecule has 0 bridgehead atoms. The van der Waals surface area contributed by atoms with Crippen molar-refractivity contribution in [2.24, 2.45) is 0 Å². The third-order valence-corrected chi connectivity index (χ3v) is 4.72. The molecular formula is C11H14ClN3O2S. The SMILES string of the molecule is CCS(=O)(=O)CCn1c(N)nc2cc(Cl)ccc21. The second kappa shape index (κ2) is 4.78. The molecular weight excluding hydrogens is 274 g/mol. The van der Waals surface area contributed by atoms with Crippen molar-refractivity contribution in [2.45, 2.75) is 13.5 Å². The number of aromatic nitrogens is 2. The molecule has 18 heavy (non-hydrogen) atoms. The van der Waals surface area contributed by atoms with Crippen LogP contribution in [0.15, 0.2) is 18.2 Å². The molecule has 2 N–H and O–H groups in total. The zero-order chi connectivity index (χ0) is 13.3. The summed E-state index contributed by atoms with van der Waals surface area (Å²) in [5, 5.41) is 0.577. The lowest BCUT2D eigenvalue weighted by Crippen LogP contribution is -2.15. The predicted molar refractivity (Wildman–Crippen MR) is 73.5 cm³/mol. The van der Waals surface area contributed by atoms with Gasteiger partial charge in [0.1, 0.15) is 0 Å². The van der Waals surface area contributed by atoms with Crippen molar-refractivity contribution >= 4 is 38.4 Å². The Bertz CT molecular complexity index is 679. The maximum Gasteiger partial charge on any atom is 0.201 e. The number of aryl methyl sites for hydroxylation is 1. The number of nitrogens with two attached hydrogens (primary N) is 1. The van der Waals surface area contributed by atoms with Gasteiger partial charge in [-0.2, -0.15) is 0 Å². The van der Waals surface area contributed by atoms with E-state index in [0.29, 0.717) is 23.0 Å². The monoisotopic (exact) mass is 287 g/mol. The lowest BCUT2D eigenvalue weighted by Gasteiger charge is -2.06. The van der Waals surface area contributed by atoms with Gasteiger partial charge in [-0.25, -0.2) is 13.4 Å². The molecule has 0 atom stereocenters. The van der Waals surface area contributed by atoms with Crippen LogP contribution in [0, 0.1) is 0 Å². The number of benzene rings is 1. The van der Waals surface area contributed by atoms with Gasteiger partial charge < -0.3 is 10.3 Å². The molecule has 1 heterocycles. The van der Waals surface area contributed by atoms with E-state index in [9.17, 15) is 8.42 Å². The van der Waals surface area contributed by atoms with Crippen molar-refractivity contribution in [3.63, 3.8) is 0 Å². The highest BCUT2D eigenvalue weighted by atomic mass is 35.5. The minimum absolute atomic E-state index is 0.0573. The zero-order valence-electron chi connectivity index (χ0n) is 9.93. The Kier molecular flexibility index (Phi) is 3.49. The van der Waals surface area contributed by atoms with Crippen molar-refractivity contribution in [2.75, 3.05) is 17.2 Å². The molecule has 5 nitrogen and oxygen atoms in total. The summed E-state index contributed by atoms with van der Waals surface area (Å²) in [4.78, 5) is 4.16. The highest BCUT2D eigenvalue weighted by molar-refractivity contribution is 7.91. The van der Waals surface area contributed by atoms with E-state index in [1.165, 1.54) is 0 Å². The second-order valence-corrected chi connectivity index (χ2v) is 6.90. The van der Waals surface area contributed by atoms with Crippen molar-refractivity contribution in [3.8, 4) is 0 Å². The van der Waals surface area contributed by atoms with Gasteiger partial charge in [0.15, 0.2) is 9.84 Å². The summed E-state index contributed by atoms with van der Waals surface area (Å²) in [6.07, 6.45) is 0. The fraction of sp³-hybridized carbons (Fsp3) is 0.364. The van der Waals surface area contributed by atoms with Gasteiger partial charge >= 0.3 is 0 Å².